The summed E-state index contributed by atoms with van der Waals surface area (Å²) in [7, 11) is 0. The molecule has 0 spiro atoms. The first-order valence-corrected chi connectivity index (χ1v) is 8.13. The number of unbranched alkanes of at least 4 members (excludes halogenated alkanes) is 5. The predicted octanol–water partition coefficient (Wildman–Crippen LogP) is 3.74. The number of rotatable bonds is 9. The third-order valence-corrected chi connectivity index (χ3v) is 3.76. The second-order valence-corrected chi connectivity index (χ2v) is 5.69. The van der Waals surface area contributed by atoms with Gasteiger partial charge in [-0.3, -0.25) is 4.79 Å². The summed E-state index contributed by atoms with van der Waals surface area (Å²) in [6.45, 7) is 1.87. The molecule has 5 heteroatoms. The van der Waals surface area contributed by atoms with Gasteiger partial charge in [0.2, 0.25) is 0 Å². The molecule has 0 saturated carbocycles. The molecule has 1 rings (SSSR count). The molecule has 1 atom stereocenters. The molecule has 1 fully saturated rings. The number of aliphatic hydroxyl groups is 1. The molecule has 0 aromatic carbocycles. The van der Waals surface area contributed by atoms with Crippen molar-refractivity contribution in [2.45, 2.75) is 77.2 Å². The first kappa shape index (κ1) is 18.2. The molecule has 0 aromatic rings. The lowest BCUT2D eigenvalue weighted by Crippen LogP contribution is -2.33. The molecule has 5 nitrogen and oxygen atoms in total. The molecule has 0 amide bonds. The maximum atomic E-state index is 12.0. The minimum Gasteiger partial charge on any atom is -0.511 e. The largest absolute Gasteiger partial charge is 0.511 e. The van der Waals surface area contributed by atoms with Gasteiger partial charge in [0.05, 0.1) is 6.07 Å². The van der Waals surface area contributed by atoms with E-state index in [0.717, 1.165) is 32.1 Å². The number of nitrogens with zero attached hydrogens (tertiary/aromatic N) is 1. The molecule has 1 aliphatic rings. The van der Waals surface area contributed by atoms with Gasteiger partial charge < -0.3 is 9.84 Å². The Morgan fingerprint density at radius 3 is 2.59 bits per heavy atom. The zero-order valence-corrected chi connectivity index (χ0v) is 13.3. The summed E-state index contributed by atoms with van der Waals surface area (Å²) in [4.78, 5) is 23.8. The van der Waals surface area contributed by atoms with E-state index < -0.39 is 5.97 Å². The van der Waals surface area contributed by atoms with E-state index in [1.807, 2.05) is 6.92 Å². The van der Waals surface area contributed by atoms with Crippen LogP contribution in [0.1, 0.15) is 71.1 Å². The summed E-state index contributed by atoms with van der Waals surface area (Å²) in [6, 6.07) is 2.12. The standard InChI is InChI=1S/C17H25NO4/c1-2-9-14(19)16-15(20)12-13(22-17(16)21)10-7-5-3-4-6-8-11-18/h13,19H,2-10,12H2,1H3. The number of ether oxygens (including phenoxy) is 1. The Morgan fingerprint density at radius 1 is 1.27 bits per heavy atom. The quantitative estimate of drug-likeness (QED) is 0.230. The van der Waals surface area contributed by atoms with Crippen molar-refractivity contribution in [3.63, 3.8) is 0 Å². The third-order valence-electron chi connectivity index (χ3n) is 3.76. The molecule has 0 aromatic heterocycles. The highest BCUT2D eigenvalue weighted by molar-refractivity contribution is 6.19. The van der Waals surface area contributed by atoms with Crippen molar-refractivity contribution in [1.82, 2.24) is 0 Å². The second-order valence-electron chi connectivity index (χ2n) is 5.69. The van der Waals surface area contributed by atoms with Crippen molar-refractivity contribution in [3.05, 3.63) is 11.3 Å². The summed E-state index contributed by atoms with van der Waals surface area (Å²) >= 11 is 0. The number of carbonyl (C=O) groups excluding carboxylic acids is 2. The van der Waals surface area contributed by atoms with Crippen molar-refractivity contribution >= 4 is 11.8 Å². The Kier molecular flexibility index (Phi) is 8.27. The van der Waals surface area contributed by atoms with Crippen LogP contribution in [0.4, 0.5) is 0 Å². The van der Waals surface area contributed by atoms with Gasteiger partial charge >= 0.3 is 5.97 Å². The summed E-state index contributed by atoms with van der Waals surface area (Å²) in [5.74, 6) is -1.13. The van der Waals surface area contributed by atoms with Crippen LogP contribution in [0, 0.1) is 11.3 Å². The van der Waals surface area contributed by atoms with E-state index in [-0.39, 0.29) is 29.6 Å². The molecular formula is C17H25NO4. The fraction of sp³-hybridized carbons (Fsp3) is 0.706. The highest BCUT2D eigenvalue weighted by Gasteiger charge is 2.34. The van der Waals surface area contributed by atoms with Crippen LogP contribution in [0.25, 0.3) is 0 Å². The van der Waals surface area contributed by atoms with Crippen LogP contribution in [0.2, 0.25) is 0 Å². The average molecular weight is 307 g/mol. The van der Waals surface area contributed by atoms with Crippen molar-refractivity contribution in [2.24, 2.45) is 0 Å². The van der Waals surface area contributed by atoms with Crippen LogP contribution in [0.5, 0.6) is 0 Å². The molecule has 1 aliphatic heterocycles. The predicted molar refractivity (Wildman–Crippen MR) is 82.0 cm³/mol. The van der Waals surface area contributed by atoms with E-state index in [1.165, 1.54) is 0 Å². The molecule has 1 heterocycles. The lowest BCUT2D eigenvalue weighted by molar-refractivity contribution is -0.151. The number of aliphatic hydroxyl groups excluding tert-OH is 1. The molecule has 122 valence electrons. The van der Waals surface area contributed by atoms with Gasteiger partial charge in [-0.05, 0) is 25.7 Å². The Labute approximate surface area is 132 Å². The van der Waals surface area contributed by atoms with E-state index >= 15 is 0 Å². The van der Waals surface area contributed by atoms with Crippen LogP contribution >= 0.6 is 0 Å². The fourth-order valence-electron chi connectivity index (χ4n) is 2.58. The van der Waals surface area contributed by atoms with Gasteiger partial charge in [-0.1, -0.05) is 26.2 Å². The van der Waals surface area contributed by atoms with Crippen molar-refractivity contribution in [2.75, 3.05) is 0 Å². The first-order valence-electron chi connectivity index (χ1n) is 8.13. The van der Waals surface area contributed by atoms with Gasteiger partial charge in [-0.15, -0.1) is 0 Å². The van der Waals surface area contributed by atoms with Crippen LogP contribution in [-0.2, 0) is 14.3 Å². The van der Waals surface area contributed by atoms with Crippen LogP contribution in [-0.4, -0.2) is 23.0 Å². The lowest BCUT2D eigenvalue weighted by Gasteiger charge is -2.23. The smallest absolute Gasteiger partial charge is 0.345 e. The number of cyclic esters (lactones) is 1. The van der Waals surface area contributed by atoms with Crippen LogP contribution < -0.4 is 0 Å². The zero-order valence-electron chi connectivity index (χ0n) is 13.3. The number of esters is 1. The van der Waals surface area contributed by atoms with Gasteiger partial charge in [-0.25, -0.2) is 4.79 Å². The van der Waals surface area contributed by atoms with Gasteiger partial charge in [0.1, 0.15) is 17.4 Å². The monoisotopic (exact) mass is 307 g/mol. The second kappa shape index (κ2) is 9.99. The molecule has 0 aliphatic carbocycles. The number of nitriles is 1. The highest BCUT2D eigenvalue weighted by atomic mass is 16.5. The summed E-state index contributed by atoms with van der Waals surface area (Å²) in [5, 5.41) is 18.2. The normalized spacial score (nSPS) is 20.5. The molecule has 0 radical (unpaired) electrons. The summed E-state index contributed by atoms with van der Waals surface area (Å²) in [6.07, 6.45) is 7.01. The maximum absolute atomic E-state index is 12.0. The van der Waals surface area contributed by atoms with Crippen LogP contribution in [0.3, 0.4) is 0 Å². The molecule has 1 N–H and O–H groups in total. The van der Waals surface area contributed by atoms with E-state index in [1.54, 1.807) is 0 Å². The molecule has 0 bridgehead atoms. The molecule has 1 unspecified atom stereocenters. The molecule has 22 heavy (non-hydrogen) atoms. The summed E-state index contributed by atoms with van der Waals surface area (Å²) < 4.78 is 5.26. The minimum atomic E-state index is -0.679. The highest BCUT2D eigenvalue weighted by Crippen LogP contribution is 2.24. The average Bonchev–Trinajstić information content (AvgIpc) is 2.46. The van der Waals surface area contributed by atoms with E-state index in [0.29, 0.717) is 25.7 Å². The van der Waals surface area contributed by atoms with E-state index in [2.05, 4.69) is 6.07 Å². The van der Waals surface area contributed by atoms with Gasteiger partial charge in [-0.2, -0.15) is 5.26 Å². The number of hydrogen-bond donors (Lipinski definition) is 1. The fourth-order valence-corrected chi connectivity index (χ4v) is 2.58. The van der Waals surface area contributed by atoms with Crippen LogP contribution in [0.15, 0.2) is 11.3 Å². The zero-order chi connectivity index (χ0) is 16.4. The summed E-state index contributed by atoms with van der Waals surface area (Å²) in [5.41, 5.74) is -0.158. The Hall–Kier alpha value is -1.83. The maximum Gasteiger partial charge on any atom is 0.345 e. The van der Waals surface area contributed by atoms with Crippen molar-refractivity contribution < 1.29 is 19.4 Å². The minimum absolute atomic E-state index is 0.145. The van der Waals surface area contributed by atoms with Crippen molar-refractivity contribution in [3.8, 4) is 6.07 Å². The van der Waals surface area contributed by atoms with Gasteiger partial charge in [0.25, 0.3) is 0 Å². The Bertz CT molecular complexity index is 442. The van der Waals surface area contributed by atoms with E-state index in [4.69, 9.17) is 10.00 Å². The lowest BCUT2D eigenvalue weighted by atomic mass is 9.96. The SMILES string of the molecule is CCCC(O)=C1C(=O)CC(CCCCCCCC#N)OC1=O. The third kappa shape index (κ3) is 5.88. The van der Waals surface area contributed by atoms with E-state index in [9.17, 15) is 14.7 Å². The number of allylic oxidation sites excluding steroid dienone is 1. The Morgan fingerprint density at radius 2 is 1.95 bits per heavy atom. The van der Waals surface area contributed by atoms with Gasteiger partial charge in [0, 0.05) is 19.3 Å². The Balaban J connectivity index is 2.33. The molecular weight excluding hydrogens is 282 g/mol. The topological polar surface area (TPSA) is 87.4 Å². The number of carbonyl (C=O) groups is 2. The molecule has 1 saturated heterocycles. The van der Waals surface area contributed by atoms with Crippen molar-refractivity contribution in [1.29, 1.82) is 5.26 Å². The number of ketones is 1. The first-order chi connectivity index (χ1) is 10.6. The number of Topliss-reactive ketones (excluding diaryl/α,β-unsaturated/α-hetero) is 1. The number of hydrogen-bond acceptors (Lipinski definition) is 5. The van der Waals surface area contributed by atoms with Gasteiger partial charge in [0.15, 0.2) is 5.78 Å².